The van der Waals surface area contributed by atoms with Crippen LogP contribution in [0.4, 0.5) is 0 Å². The molecule has 0 aliphatic rings. The average molecular weight is 230 g/mol. The molecule has 0 fully saturated rings. The van der Waals surface area contributed by atoms with Gasteiger partial charge in [0.2, 0.25) is 0 Å². The number of benzene rings is 1. The fraction of sp³-hybridized carbons (Fsp3) is 0.429. The fourth-order valence-corrected chi connectivity index (χ4v) is 1.97. The first-order valence-electron chi connectivity index (χ1n) is 6.09. The summed E-state index contributed by atoms with van der Waals surface area (Å²) in [5.74, 6) is 1.15. The number of hydrogen-bond acceptors (Lipinski definition) is 2. The molecule has 3 heteroatoms. The van der Waals surface area contributed by atoms with Crippen LogP contribution in [0.2, 0.25) is 0 Å². The molecule has 0 aliphatic carbocycles. The number of Topliss-reactive ketones (excluding diaryl/α,β-unsaturated/α-hetero) is 1. The fourth-order valence-electron chi connectivity index (χ4n) is 1.97. The summed E-state index contributed by atoms with van der Waals surface area (Å²) >= 11 is 0. The van der Waals surface area contributed by atoms with Crippen molar-refractivity contribution in [1.82, 2.24) is 9.55 Å². The van der Waals surface area contributed by atoms with E-state index in [1.54, 1.807) is 6.92 Å². The molecular formula is C14H18N2O. The Morgan fingerprint density at radius 1 is 1.41 bits per heavy atom. The molecule has 90 valence electrons. The van der Waals surface area contributed by atoms with E-state index >= 15 is 0 Å². The summed E-state index contributed by atoms with van der Waals surface area (Å²) in [7, 11) is 0. The van der Waals surface area contributed by atoms with Crippen LogP contribution in [0.1, 0.15) is 37.8 Å². The quantitative estimate of drug-likeness (QED) is 0.755. The zero-order valence-electron chi connectivity index (χ0n) is 10.6. The lowest BCUT2D eigenvalue weighted by Gasteiger charge is -2.12. The van der Waals surface area contributed by atoms with Gasteiger partial charge in [-0.25, -0.2) is 4.98 Å². The minimum Gasteiger partial charge on any atom is -0.321 e. The lowest BCUT2D eigenvalue weighted by molar-refractivity contribution is 0.0999. The molecular weight excluding hydrogens is 212 g/mol. The number of nitrogens with zero attached hydrogens (tertiary/aromatic N) is 2. The van der Waals surface area contributed by atoms with Gasteiger partial charge in [0, 0.05) is 13.5 Å². The van der Waals surface area contributed by atoms with Gasteiger partial charge in [-0.1, -0.05) is 32.4 Å². The Labute approximate surface area is 101 Å². The predicted molar refractivity (Wildman–Crippen MR) is 69.2 cm³/mol. The zero-order valence-corrected chi connectivity index (χ0v) is 10.6. The first-order valence-corrected chi connectivity index (χ1v) is 6.09. The number of para-hydroxylation sites is 2. The van der Waals surface area contributed by atoms with Crippen molar-refractivity contribution < 1.29 is 4.79 Å². The van der Waals surface area contributed by atoms with Crippen molar-refractivity contribution in [2.45, 2.75) is 33.7 Å². The molecule has 0 aliphatic heterocycles. The highest BCUT2D eigenvalue weighted by Crippen LogP contribution is 2.19. The third-order valence-electron chi connectivity index (χ3n) is 3.16. The molecule has 17 heavy (non-hydrogen) atoms. The number of carbonyl (C=O) groups is 1. The van der Waals surface area contributed by atoms with E-state index < -0.39 is 0 Å². The topological polar surface area (TPSA) is 34.9 Å². The van der Waals surface area contributed by atoms with Crippen LogP contribution in [0.25, 0.3) is 11.0 Å². The molecule has 3 nitrogen and oxygen atoms in total. The van der Waals surface area contributed by atoms with Crippen molar-refractivity contribution in [2.24, 2.45) is 5.92 Å². The molecule has 0 saturated heterocycles. The van der Waals surface area contributed by atoms with Crippen LogP contribution in [-0.4, -0.2) is 15.3 Å². The molecule has 0 saturated carbocycles. The Kier molecular flexibility index (Phi) is 3.27. The number of carbonyl (C=O) groups excluding carboxylic acids is 1. The largest absolute Gasteiger partial charge is 0.321 e. The number of rotatable bonds is 4. The van der Waals surface area contributed by atoms with Gasteiger partial charge in [0.15, 0.2) is 11.6 Å². The third-order valence-corrected chi connectivity index (χ3v) is 3.16. The average Bonchev–Trinajstić information content (AvgIpc) is 2.68. The molecule has 0 N–H and O–H groups in total. The lowest BCUT2D eigenvalue weighted by Crippen LogP contribution is -2.12. The molecule has 0 unspecified atom stereocenters. The molecule has 0 radical (unpaired) electrons. The lowest BCUT2D eigenvalue weighted by atomic mass is 10.1. The summed E-state index contributed by atoms with van der Waals surface area (Å²) in [6.45, 7) is 6.79. The van der Waals surface area contributed by atoms with Crippen molar-refractivity contribution in [3.8, 4) is 0 Å². The SMILES string of the molecule is CC[C@H](C)Cn1c(C(C)=O)nc2ccccc21. The van der Waals surface area contributed by atoms with Gasteiger partial charge in [0.05, 0.1) is 11.0 Å². The van der Waals surface area contributed by atoms with Crippen LogP contribution in [0.15, 0.2) is 24.3 Å². The van der Waals surface area contributed by atoms with E-state index in [-0.39, 0.29) is 5.78 Å². The van der Waals surface area contributed by atoms with E-state index in [2.05, 4.69) is 18.8 Å². The minimum atomic E-state index is 0.0319. The molecule has 0 amide bonds. The monoisotopic (exact) mass is 230 g/mol. The number of fused-ring (bicyclic) bond motifs is 1. The van der Waals surface area contributed by atoms with Gasteiger partial charge < -0.3 is 4.57 Å². The smallest absolute Gasteiger partial charge is 0.195 e. The van der Waals surface area contributed by atoms with Crippen molar-refractivity contribution in [2.75, 3.05) is 0 Å². The summed E-state index contributed by atoms with van der Waals surface area (Å²) < 4.78 is 2.05. The second kappa shape index (κ2) is 4.70. The van der Waals surface area contributed by atoms with E-state index in [0.717, 1.165) is 24.0 Å². The Hall–Kier alpha value is -1.64. The van der Waals surface area contributed by atoms with Gasteiger partial charge >= 0.3 is 0 Å². The summed E-state index contributed by atoms with van der Waals surface area (Å²) in [4.78, 5) is 16.0. The first kappa shape index (κ1) is 11.8. The Balaban J connectivity index is 2.55. The van der Waals surface area contributed by atoms with Crippen molar-refractivity contribution in [1.29, 1.82) is 0 Å². The van der Waals surface area contributed by atoms with E-state index in [1.165, 1.54) is 0 Å². The zero-order chi connectivity index (χ0) is 12.4. The number of hydrogen-bond donors (Lipinski definition) is 0. The molecule has 0 spiro atoms. The number of imidazole rings is 1. The van der Waals surface area contributed by atoms with Crippen molar-refractivity contribution >= 4 is 16.8 Å². The molecule has 2 rings (SSSR count). The second-order valence-electron chi connectivity index (χ2n) is 4.60. The van der Waals surface area contributed by atoms with E-state index in [4.69, 9.17) is 0 Å². The number of aromatic nitrogens is 2. The van der Waals surface area contributed by atoms with Crippen molar-refractivity contribution in [3.05, 3.63) is 30.1 Å². The molecule has 1 aromatic heterocycles. The summed E-state index contributed by atoms with van der Waals surface area (Å²) in [5, 5.41) is 0. The van der Waals surface area contributed by atoms with Crippen LogP contribution < -0.4 is 0 Å². The predicted octanol–water partition coefficient (Wildman–Crippen LogP) is 3.29. The van der Waals surface area contributed by atoms with Gasteiger partial charge in [-0.2, -0.15) is 0 Å². The molecule has 1 aromatic carbocycles. The second-order valence-corrected chi connectivity index (χ2v) is 4.60. The van der Waals surface area contributed by atoms with E-state index in [1.807, 2.05) is 28.8 Å². The van der Waals surface area contributed by atoms with Gasteiger partial charge in [-0.3, -0.25) is 4.79 Å². The highest BCUT2D eigenvalue weighted by Gasteiger charge is 2.15. The Morgan fingerprint density at radius 3 is 2.76 bits per heavy atom. The van der Waals surface area contributed by atoms with Crippen LogP contribution in [0.5, 0.6) is 0 Å². The molecule has 1 heterocycles. The van der Waals surface area contributed by atoms with Crippen molar-refractivity contribution in [3.63, 3.8) is 0 Å². The maximum Gasteiger partial charge on any atom is 0.195 e. The van der Waals surface area contributed by atoms with Crippen LogP contribution >= 0.6 is 0 Å². The minimum absolute atomic E-state index is 0.0319. The number of ketones is 1. The summed E-state index contributed by atoms with van der Waals surface area (Å²) in [6.07, 6.45) is 1.10. The first-order chi connectivity index (χ1) is 8.13. The molecule has 1 atom stereocenters. The van der Waals surface area contributed by atoms with Gasteiger partial charge in [0.25, 0.3) is 0 Å². The summed E-state index contributed by atoms with van der Waals surface area (Å²) in [5.41, 5.74) is 1.96. The Bertz CT molecular complexity index is 542. The maximum absolute atomic E-state index is 11.6. The van der Waals surface area contributed by atoms with E-state index in [9.17, 15) is 4.79 Å². The standard InChI is InChI=1S/C14H18N2O/c1-4-10(2)9-16-13-8-6-5-7-12(13)15-14(16)11(3)17/h5-8,10H,4,9H2,1-3H3/t10-/m0/s1. The van der Waals surface area contributed by atoms with Crippen LogP contribution in [0.3, 0.4) is 0 Å². The molecule has 0 bridgehead atoms. The van der Waals surface area contributed by atoms with Gasteiger partial charge in [-0.15, -0.1) is 0 Å². The highest BCUT2D eigenvalue weighted by molar-refractivity contribution is 5.94. The third kappa shape index (κ3) is 2.23. The maximum atomic E-state index is 11.6. The normalized spacial score (nSPS) is 12.9. The van der Waals surface area contributed by atoms with Crippen LogP contribution in [0, 0.1) is 5.92 Å². The summed E-state index contributed by atoms with van der Waals surface area (Å²) in [6, 6.07) is 7.92. The molecule has 2 aromatic rings. The van der Waals surface area contributed by atoms with Crippen LogP contribution in [-0.2, 0) is 6.54 Å². The Morgan fingerprint density at radius 2 is 2.12 bits per heavy atom. The van der Waals surface area contributed by atoms with E-state index in [0.29, 0.717) is 11.7 Å². The van der Waals surface area contributed by atoms with Gasteiger partial charge in [0.1, 0.15) is 0 Å². The van der Waals surface area contributed by atoms with Gasteiger partial charge in [-0.05, 0) is 18.1 Å². The highest BCUT2D eigenvalue weighted by atomic mass is 16.1.